The number of alkyl halides is 2. The van der Waals surface area contributed by atoms with Crippen molar-refractivity contribution in [2.45, 2.75) is 27.0 Å². The molecule has 1 heterocycles. The molecule has 0 atom stereocenters. The zero-order valence-corrected chi connectivity index (χ0v) is 15.6. The van der Waals surface area contributed by atoms with Crippen molar-refractivity contribution >= 4 is 11.9 Å². The minimum absolute atomic E-state index is 0.0233. The number of hydrogen-bond donors (Lipinski definition) is 1. The Bertz CT molecular complexity index is 873. The first-order chi connectivity index (χ1) is 13.2. The number of rotatable bonds is 8. The van der Waals surface area contributed by atoms with E-state index in [4.69, 9.17) is 9.84 Å². The van der Waals surface area contributed by atoms with Crippen molar-refractivity contribution in [3.63, 3.8) is 0 Å². The molecular weight excluding hydrogens is 374 g/mol. The number of carboxylic acid groups (broad SMARTS) is 1. The van der Waals surface area contributed by atoms with Crippen molar-refractivity contribution in [1.29, 1.82) is 0 Å². The van der Waals surface area contributed by atoms with Crippen LogP contribution in [-0.2, 0) is 6.54 Å². The van der Waals surface area contributed by atoms with Gasteiger partial charge in [0.1, 0.15) is 5.69 Å². The predicted octanol–water partition coefficient (Wildman–Crippen LogP) is 3.36. The molecule has 1 aromatic heterocycles. The number of pyridine rings is 1. The number of halogens is 2. The molecule has 0 saturated carbocycles. The van der Waals surface area contributed by atoms with Gasteiger partial charge < -0.3 is 19.5 Å². The van der Waals surface area contributed by atoms with Gasteiger partial charge in [-0.05, 0) is 43.7 Å². The Labute approximate surface area is 160 Å². The van der Waals surface area contributed by atoms with E-state index < -0.39 is 18.5 Å². The molecule has 0 aliphatic heterocycles. The van der Waals surface area contributed by atoms with Crippen LogP contribution in [0.15, 0.2) is 30.3 Å². The van der Waals surface area contributed by atoms with E-state index >= 15 is 0 Å². The summed E-state index contributed by atoms with van der Waals surface area (Å²) in [7, 11) is 1.55. The van der Waals surface area contributed by atoms with Gasteiger partial charge in [-0.25, -0.2) is 9.78 Å². The lowest BCUT2D eigenvalue weighted by Gasteiger charge is -2.19. The number of amides is 1. The predicted molar refractivity (Wildman–Crippen MR) is 96.0 cm³/mol. The van der Waals surface area contributed by atoms with Crippen molar-refractivity contribution in [2.75, 3.05) is 13.7 Å². The molecule has 0 spiro atoms. The third kappa shape index (κ3) is 5.15. The molecule has 28 heavy (non-hydrogen) atoms. The smallest absolute Gasteiger partial charge is 0.387 e. The van der Waals surface area contributed by atoms with Gasteiger partial charge in [0.2, 0.25) is 0 Å². The fourth-order valence-electron chi connectivity index (χ4n) is 2.56. The second kappa shape index (κ2) is 9.12. The number of ether oxygens (including phenoxy) is 2. The SMILES string of the molecule is CCOc1cc(CN(C)C(=O)c2ccc(C(=O)O)c(C)n2)ccc1OC(F)F. The van der Waals surface area contributed by atoms with Crippen molar-refractivity contribution in [3.8, 4) is 11.5 Å². The Morgan fingerprint density at radius 3 is 2.50 bits per heavy atom. The topological polar surface area (TPSA) is 89.0 Å². The fraction of sp³-hybridized carbons (Fsp3) is 0.316. The van der Waals surface area contributed by atoms with Crippen LogP contribution in [0.4, 0.5) is 8.78 Å². The number of hydrogen-bond acceptors (Lipinski definition) is 5. The lowest BCUT2D eigenvalue weighted by Crippen LogP contribution is -2.27. The Morgan fingerprint density at radius 2 is 1.93 bits per heavy atom. The molecule has 9 heteroatoms. The second-order valence-corrected chi connectivity index (χ2v) is 5.89. The van der Waals surface area contributed by atoms with Gasteiger partial charge in [0.15, 0.2) is 11.5 Å². The summed E-state index contributed by atoms with van der Waals surface area (Å²) in [4.78, 5) is 29.0. The highest BCUT2D eigenvalue weighted by Crippen LogP contribution is 2.30. The molecule has 1 aromatic carbocycles. The van der Waals surface area contributed by atoms with Gasteiger partial charge in [0, 0.05) is 13.6 Å². The van der Waals surface area contributed by atoms with Gasteiger partial charge in [0.25, 0.3) is 5.91 Å². The zero-order valence-electron chi connectivity index (χ0n) is 15.6. The third-order valence-corrected chi connectivity index (χ3v) is 3.83. The normalized spacial score (nSPS) is 10.6. The molecule has 0 saturated heterocycles. The van der Waals surface area contributed by atoms with Crippen molar-refractivity contribution < 1.29 is 33.0 Å². The van der Waals surface area contributed by atoms with E-state index in [2.05, 4.69) is 9.72 Å². The number of carbonyl (C=O) groups excluding carboxylic acids is 1. The molecule has 2 aromatic rings. The number of aromatic carboxylic acids is 1. The standard InChI is InChI=1S/C19H20F2N2O5/c1-4-27-16-9-12(5-8-15(16)28-19(20)21)10-23(3)17(24)14-7-6-13(18(25)26)11(2)22-14/h5-9,19H,4,10H2,1-3H3,(H,25,26). The third-order valence-electron chi connectivity index (χ3n) is 3.83. The molecule has 0 fully saturated rings. The Balaban J connectivity index is 2.18. The fourth-order valence-corrected chi connectivity index (χ4v) is 2.56. The number of aromatic nitrogens is 1. The summed E-state index contributed by atoms with van der Waals surface area (Å²) in [5.41, 5.74) is 1.00. The molecule has 0 radical (unpaired) electrons. The van der Waals surface area contributed by atoms with Crippen LogP contribution in [0.3, 0.4) is 0 Å². The summed E-state index contributed by atoms with van der Waals surface area (Å²) in [6.07, 6.45) is 0. The summed E-state index contributed by atoms with van der Waals surface area (Å²) in [5.74, 6) is -1.46. The molecule has 0 aliphatic carbocycles. The zero-order chi connectivity index (χ0) is 20.8. The van der Waals surface area contributed by atoms with Gasteiger partial charge in [0.05, 0.1) is 17.9 Å². The maximum atomic E-state index is 12.6. The van der Waals surface area contributed by atoms with Gasteiger partial charge in [-0.2, -0.15) is 8.78 Å². The number of aryl methyl sites for hydroxylation is 1. The minimum Gasteiger partial charge on any atom is -0.490 e. The van der Waals surface area contributed by atoms with Crippen LogP contribution < -0.4 is 9.47 Å². The van der Waals surface area contributed by atoms with E-state index in [1.165, 1.54) is 36.1 Å². The summed E-state index contributed by atoms with van der Waals surface area (Å²) in [6, 6.07) is 7.11. The van der Waals surface area contributed by atoms with E-state index in [0.29, 0.717) is 5.56 Å². The van der Waals surface area contributed by atoms with E-state index in [9.17, 15) is 18.4 Å². The van der Waals surface area contributed by atoms with Crippen molar-refractivity contribution in [3.05, 3.63) is 52.8 Å². The van der Waals surface area contributed by atoms with E-state index in [1.54, 1.807) is 20.0 Å². The lowest BCUT2D eigenvalue weighted by atomic mass is 10.1. The van der Waals surface area contributed by atoms with Crippen LogP contribution in [0, 0.1) is 6.92 Å². The van der Waals surface area contributed by atoms with Crippen LogP contribution in [0.25, 0.3) is 0 Å². The number of benzene rings is 1. The maximum absolute atomic E-state index is 12.6. The summed E-state index contributed by atoms with van der Waals surface area (Å²) < 4.78 is 34.7. The largest absolute Gasteiger partial charge is 0.490 e. The Hall–Kier alpha value is -3.23. The summed E-state index contributed by atoms with van der Waals surface area (Å²) in [6.45, 7) is 0.670. The van der Waals surface area contributed by atoms with E-state index in [1.807, 2.05) is 0 Å². The Kier molecular flexibility index (Phi) is 6.86. The number of nitrogens with zero attached hydrogens (tertiary/aromatic N) is 2. The lowest BCUT2D eigenvalue weighted by molar-refractivity contribution is -0.0514. The van der Waals surface area contributed by atoms with Crippen LogP contribution in [0.5, 0.6) is 11.5 Å². The average molecular weight is 394 g/mol. The molecule has 0 unspecified atom stereocenters. The van der Waals surface area contributed by atoms with E-state index in [0.717, 1.165) is 0 Å². The highest BCUT2D eigenvalue weighted by atomic mass is 19.3. The van der Waals surface area contributed by atoms with Crippen LogP contribution in [-0.4, -0.2) is 47.1 Å². The summed E-state index contributed by atoms with van der Waals surface area (Å²) in [5, 5.41) is 9.04. The first kappa shape index (κ1) is 21.1. The molecular formula is C19H20F2N2O5. The van der Waals surface area contributed by atoms with Gasteiger partial charge in [-0.3, -0.25) is 4.79 Å². The van der Waals surface area contributed by atoms with Crippen LogP contribution >= 0.6 is 0 Å². The number of carboxylic acids is 1. The second-order valence-electron chi connectivity index (χ2n) is 5.89. The van der Waals surface area contributed by atoms with Crippen LogP contribution in [0.2, 0.25) is 0 Å². The van der Waals surface area contributed by atoms with Crippen LogP contribution in [0.1, 0.15) is 39.0 Å². The van der Waals surface area contributed by atoms with Gasteiger partial charge in [-0.1, -0.05) is 6.07 Å². The highest BCUT2D eigenvalue weighted by Gasteiger charge is 2.18. The van der Waals surface area contributed by atoms with Gasteiger partial charge in [-0.15, -0.1) is 0 Å². The molecule has 150 valence electrons. The molecule has 1 N–H and O–H groups in total. The van der Waals surface area contributed by atoms with Gasteiger partial charge >= 0.3 is 12.6 Å². The first-order valence-corrected chi connectivity index (χ1v) is 8.39. The van der Waals surface area contributed by atoms with Crippen molar-refractivity contribution in [2.24, 2.45) is 0 Å². The molecule has 2 rings (SSSR count). The number of carbonyl (C=O) groups is 2. The molecule has 0 aliphatic rings. The highest BCUT2D eigenvalue weighted by molar-refractivity contribution is 5.94. The minimum atomic E-state index is -2.97. The quantitative estimate of drug-likeness (QED) is 0.739. The summed E-state index contributed by atoms with van der Waals surface area (Å²) >= 11 is 0. The Morgan fingerprint density at radius 1 is 1.21 bits per heavy atom. The molecule has 7 nitrogen and oxygen atoms in total. The first-order valence-electron chi connectivity index (χ1n) is 8.39. The average Bonchev–Trinajstić information content (AvgIpc) is 2.62. The maximum Gasteiger partial charge on any atom is 0.387 e. The molecule has 1 amide bonds. The molecule has 0 bridgehead atoms. The van der Waals surface area contributed by atoms with Crippen molar-refractivity contribution in [1.82, 2.24) is 9.88 Å². The van der Waals surface area contributed by atoms with E-state index in [-0.39, 0.29) is 41.6 Å². The monoisotopic (exact) mass is 394 g/mol.